The molecule has 0 aliphatic rings. The van der Waals surface area contributed by atoms with Crippen molar-refractivity contribution in [2.45, 2.75) is 51.1 Å². The smallest absolute Gasteiger partial charge is 0.416 e. The van der Waals surface area contributed by atoms with Crippen LogP contribution in [0.3, 0.4) is 0 Å². The van der Waals surface area contributed by atoms with Gasteiger partial charge in [0, 0.05) is 5.39 Å². The van der Waals surface area contributed by atoms with Crippen LogP contribution in [0.25, 0.3) is 10.8 Å². The molecule has 0 aromatic heterocycles. The maximum atomic E-state index is 13.6. The molecule has 4 aromatic rings. The van der Waals surface area contributed by atoms with E-state index in [0.29, 0.717) is 33.2 Å². The van der Waals surface area contributed by atoms with Crippen molar-refractivity contribution in [1.29, 1.82) is 0 Å². The van der Waals surface area contributed by atoms with E-state index >= 15 is 0 Å². The Kier molecular flexibility index (Phi) is 7.49. The lowest BCUT2D eigenvalue weighted by Gasteiger charge is -2.19. The number of rotatable bonds is 7. The van der Waals surface area contributed by atoms with Gasteiger partial charge in [-0.1, -0.05) is 54.6 Å². The molecule has 9 heteroatoms. The van der Waals surface area contributed by atoms with Gasteiger partial charge in [0.2, 0.25) is 0 Å². The average molecular weight is 556 g/mol. The zero-order chi connectivity index (χ0) is 28.7. The van der Waals surface area contributed by atoms with Crippen LogP contribution in [0.2, 0.25) is 0 Å². The second-order valence-corrected chi connectivity index (χ2v) is 11.4. The van der Waals surface area contributed by atoms with E-state index in [2.05, 4.69) is 4.72 Å². The average Bonchev–Trinajstić information content (AvgIpc) is 2.86. The van der Waals surface area contributed by atoms with E-state index in [1.54, 1.807) is 50.2 Å². The van der Waals surface area contributed by atoms with Crippen molar-refractivity contribution in [3.05, 3.63) is 106 Å². The highest BCUT2D eigenvalue weighted by Gasteiger charge is 2.32. The maximum absolute atomic E-state index is 13.6. The van der Waals surface area contributed by atoms with Crippen LogP contribution in [-0.4, -0.2) is 19.5 Å². The maximum Gasteiger partial charge on any atom is 0.416 e. The molecule has 0 saturated carbocycles. The van der Waals surface area contributed by atoms with Crippen LogP contribution >= 0.6 is 0 Å². The summed E-state index contributed by atoms with van der Waals surface area (Å²) in [4.78, 5) is 12.4. The number of carboxylic acid groups (broad SMARTS) is 1. The molecule has 204 valence electrons. The highest BCUT2D eigenvalue weighted by atomic mass is 32.2. The van der Waals surface area contributed by atoms with Crippen molar-refractivity contribution in [2.24, 2.45) is 0 Å². The number of fused-ring (bicyclic) bond motifs is 1. The van der Waals surface area contributed by atoms with Crippen LogP contribution < -0.4 is 4.72 Å². The molecule has 0 heterocycles. The van der Waals surface area contributed by atoms with Gasteiger partial charge in [-0.3, -0.25) is 9.52 Å². The summed E-state index contributed by atoms with van der Waals surface area (Å²) in [6, 6.07) is 16.4. The van der Waals surface area contributed by atoms with Crippen molar-refractivity contribution < 1.29 is 31.5 Å². The summed E-state index contributed by atoms with van der Waals surface area (Å²) in [7, 11) is -3.97. The number of sulfonamides is 1. The molecule has 0 aliphatic carbocycles. The Hall–Kier alpha value is -3.85. The minimum absolute atomic E-state index is 0.0342. The van der Waals surface area contributed by atoms with Crippen LogP contribution in [0.1, 0.15) is 44.9 Å². The topological polar surface area (TPSA) is 83.5 Å². The van der Waals surface area contributed by atoms with E-state index in [9.17, 15) is 31.5 Å². The van der Waals surface area contributed by atoms with Crippen molar-refractivity contribution in [3.63, 3.8) is 0 Å². The number of alkyl halides is 3. The summed E-state index contributed by atoms with van der Waals surface area (Å²) < 4.78 is 69.6. The Morgan fingerprint density at radius 3 is 2.08 bits per heavy atom. The molecule has 4 aromatic carbocycles. The largest absolute Gasteiger partial charge is 0.481 e. The number of hydrogen-bond acceptors (Lipinski definition) is 3. The fraction of sp³-hybridized carbons (Fsp3) is 0.233. The molecule has 0 aliphatic heterocycles. The number of aryl methyl sites for hydroxylation is 2. The SMILES string of the molecule is Cc1cc(C)c(C)c(S(=O)(=O)Nc2ccc(CC(C(=O)O)c3cccc(C(F)(F)F)c3)c3ccccc23)c1C. The van der Waals surface area contributed by atoms with Crippen LogP contribution in [0, 0.1) is 27.7 Å². The lowest BCUT2D eigenvalue weighted by atomic mass is 9.88. The molecule has 2 N–H and O–H groups in total. The predicted octanol–water partition coefficient (Wildman–Crippen LogP) is 7.30. The van der Waals surface area contributed by atoms with Crippen molar-refractivity contribution in [3.8, 4) is 0 Å². The van der Waals surface area contributed by atoms with Gasteiger partial charge in [0.15, 0.2) is 0 Å². The zero-order valence-electron chi connectivity index (χ0n) is 21.8. The molecule has 0 saturated heterocycles. The molecule has 1 unspecified atom stereocenters. The van der Waals surface area contributed by atoms with E-state index < -0.39 is 33.7 Å². The highest BCUT2D eigenvalue weighted by Crippen LogP contribution is 2.35. The summed E-state index contributed by atoms with van der Waals surface area (Å²) in [5.74, 6) is -2.50. The van der Waals surface area contributed by atoms with Gasteiger partial charge in [0.25, 0.3) is 10.0 Å². The summed E-state index contributed by atoms with van der Waals surface area (Å²) >= 11 is 0. The third-order valence-electron chi connectivity index (χ3n) is 7.16. The third-order valence-corrected chi connectivity index (χ3v) is 8.80. The van der Waals surface area contributed by atoms with Gasteiger partial charge in [0.1, 0.15) is 0 Å². The van der Waals surface area contributed by atoms with Gasteiger partial charge in [0.05, 0.1) is 22.1 Å². The minimum atomic E-state index is -4.60. The fourth-order valence-corrected chi connectivity index (χ4v) is 6.61. The van der Waals surface area contributed by atoms with Crippen LogP contribution in [0.4, 0.5) is 18.9 Å². The highest BCUT2D eigenvalue weighted by molar-refractivity contribution is 7.92. The first-order valence-corrected chi connectivity index (χ1v) is 13.7. The van der Waals surface area contributed by atoms with E-state index in [1.165, 1.54) is 12.1 Å². The third kappa shape index (κ3) is 5.63. The Morgan fingerprint density at radius 1 is 0.872 bits per heavy atom. The van der Waals surface area contributed by atoms with E-state index in [-0.39, 0.29) is 16.9 Å². The van der Waals surface area contributed by atoms with Crippen molar-refractivity contribution in [1.82, 2.24) is 0 Å². The Labute approximate surface area is 225 Å². The molecule has 0 amide bonds. The van der Waals surface area contributed by atoms with Gasteiger partial charge < -0.3 is 5.11 Å². The van der Waals surface area contributed by atoms with Crippen LogP contribution in [0.15, 0.2) is 71.6 Å². The van der Waals surface area contributed by atoms with Crippen molar-refractivity contribution >= 4 is 32.5 Å². The zero-order valence-corrected chi connectivity index (χ0v) is 22.7. The van der Waals surface area contributed by atoms with E-state index in [0.717, 1.165) is 23.3 Å². The Bertz CT molecular complexity index is 1670. The summed E-state index contributed by atoms with van der Waals surface area (Å²) in [6.45, 7) is 7.23. The molecule has 4 rings (SSSR count). The molecule has 1 atom stereocenters. The quantitative estimate of drug-likeness (QED) is 0.251. The lowest BCUT2D eigenvalue weighted by molar-refractivity contribution is -0.140. The normalized spacial score (nSPS) is 12.9. The number of anilines is 1. The number of aliphatic carboxylic acids is 1. The summed E-state index contributed by atoms with van der Waals surface area (Å²) in [5, 5.41) is 11.1. The number of halogens is 3. The molecular weight excluding hydrogens is 527 g/mol. The second-order valence-electron chi connectivity index (χ2n) is 9.73. The predicted molar refractivity (Wildman–Crippen MR) is 146 cm³/mol. The molecule has 5 nitrogen and oxygen atoms in total. The van der Waals surface area contributed by atoms with E-state index in [4.69, 9.17) is 0 Å². The minimum Gasteiger partial charge on any atom is -0.481 e. The van der Waals surface area contributed by atoms with Crippen molar-refractivity contribution in [2.75, 3.05) is 4.72 Å². The molecule has 0 fully saturated rings. The Morgan fingerprint density at radius 2 is 1.49 bits per heavy atom. The van der Waals surface area contributed by atoms with E-state index in [1.807, 2.05) is 19.9 Å². The first-order valence-electron chi connectivity index (χ1n) is 12.2. The van der Waals surface area contributed by atoms with Crippen LogP contribution in [0.5, 0.6) is 0 Å². The molecule has 0 bridgehead atoms. The standard InChI is InChI=1S/C30H28F3NO4S/c1-17-14-18(2)20(4)28(19(17)3)39(37,38)34-27-13-12-22(24-10-5-6-11-25(24)27)16-26(29(35)36)21-8-7-9-23(15-21)30(31,32)33/h5-15,26,34H,16H2,1-4H3,(H,35,36). The summed E-state index contributed by atoms with van der Waals surface area (Å²) in [5.41, 5.74) is 3.01. The summed E-state index contributed by atoms with van der Waals surface area (Å²) in [6.07, 6.45) is -4.68. The first kappa shape index (κ1) is 28.2. The number of carbonyl (C=O) groups is 1. The second kappa shape index (κ2) is 10.4. The fourth-order valence-electron chi connectivity index (χ4n) is 4.91. The van der Waals surface area contributed by atoms with Gasteiger partial charge in [-0.05, 0) is 85.0 Å². The number of benzene rings is 4. The van der Waals surface area contributed by atoms with Gasteiger partial charge in [-0.15, -0.1) is 0 Å². The first-order chi connectivity index (χ1) is 18.2. The Balaban J connectivity index is 1.76. The monoisotopic (exact) mass is 555 g/mol. The molecule has 0 radical (unpaired) electrons. The van der Waals surface area contributed by atoms with Gasteiger partial charge in [-0.25, -0.2) is 8.42 Å². The van der Waals surface area contributed by atoms with Gasteiger partial charge >= 0.3 is 12.1 Å². The number of carboxylic acids is 1. The molecule has 0 spiro atoms. The lowest BCUT2D eigenvalue weighted by Crippen LogP contribution is -2.18. The molecular formula is C30H28F3NO4S. The van der Waals surface area contributed by atoms with Gasteiger partial charge in [-0.2, -0.15) is 13.2 Å². The molecule has 39 heavy (non-hydrogen) atoms. The van der Waals surface area contributed by atoms with Crippen LogP contribution in [-0.2, 0) is 27.4 Å². The number of nitrogens with one attached hydrogen (secondary N) is 1. The number of hydrogen-bond donors (Lipinski definition) is 2.